The second-order valence-electron chi connectivity index (χ2n) is 5.01. The number of pyridine rings is 1. The van der Waals surface area contributed by atoms with Crippen molar-refractivity contribution in [3.8, 4) is 5.75 Å². The molecule has 0 aliphatic heterocycles. The lowest BCUT2D eigenvalue weighted by atomic mass is 10.1. The van der Waals surface area contributed by atoms with Crippen LogP contribution in [-0.2, 0) is 6.54 Å². The first kappa shape index (κ1) is 15.0. The first-order chi connectivity index (χ1) is 10.1. The van der Waals surface area contributed by atoms with Crippen molar-refractivity contribution < 1.29 is 4.74 Å². The largest absolute Gasteiger partial charge is 0.497 e. The fourth-order valence-electron chi connectivity index (χ4n) is 2.34. The van der Waals surface area contributed by atoms with Gasteiger partial charge in [-0.05, 0) is 43.2 Å². The Morgan fingerprint density at radius 2 is 1.90 bits per heavy atom. The van der Waals surface area contributed by atoms with E-state index in [9.17, 15) is 4.79 Å². The summed E-state index contributed by atoms with van der Waals surface area (Å²) in [6, 6.07) is 9.76. The van der Waals surface area contributed by atoms with Crippen LogP contribution in [0.15, 0.2) is 40.1 Å². The standard InChI is InChI=1S/C17H20N2O2/c1-12-9-13(2)19(17(20)16(12)10-18-3)11-14-5-7-15(21-4)8-6-14/h5-10H,11H2,1-4H3. The summed E-state index contributed by atoms with van der Waals surface area (Å²) in [5.74, 6) is 0.811. The summed E-state index contributed by atoms with van der Waals surface area (Å²) in [6.07, 6.45) is 1.63. The van der Waals surface area contributed by atoms with Gasteiger partial charge in [0.25, 0.3) is 5.56 Å². The van der Waals surface area contributed by atoms with Gasteiger partial charge in [0.05, 0.1) is 19.2 Å². The second-order valence-corrected chi connectivity index (χ2v) is 5.01. The molecule has 21 heavy (non-hydrogen) atoms. The van der Waals surface area contributed by atoms with Crippen LogP contribution in [0, 0.1) is 13.8 Å². The lowest BCUT2D eigenvalue weighted by Gasteiger charge is -2.13. The first-order valence-corrected chi connectivity index (χ1v) is 6.83. The lowest BCUT2D eigenvalue weighted by molar-refractivity contribution is 0.414. The third kappa shape index (κ3) is 3.21. The van der Waals surface area contributed by atoms with Crippen LogP contribution in [0.1, 0.15) is 22.4 Å². The number of aliphatic imine (C=N–C) groups is 1. The summed E-state index contributed by atoms with van der Waals surface area (Å²) >= 11 is 0. The summed E-state index contributed by atoms with van der Waals surface area (Å²) in [6.45, 7) is 4.42. The van der Waals surface area contributed by atoms with Crippen molar-refractivity contribution in [2.45, 2.75) is 20.4 Å². The molecule has 0 atom stereocenters. The zero-order chi connectivity index (χ0) is 15.4. The molecule has 2 rings (SSSR count). The second kappa shape index (κ2) is 6.39. The quantitative estimate of drug-likeness (QED) is 0.810. The summed E-state index contributed by atoms with van der Waals surface area (Å²) < 4.78 is 6.92. The maximum atomic E-state index is 12.6. The highest BCUT2D eigenvalue weighted by molar-refractivity contribution is 5.81. The average molecular weight is 284 g/mol. The Kier molecular flexibility index (Phi) is 4.58. The molecule has 0 N–H and O–H groups in total. The molecule has 0 unspecified atom stereocenters. The molecule has 2 aromatic rings. The molecule has 0 radical (unpaired) electrons. The summed E-state index contributed by atoms with van der Waals surface area (Å²) in [5, 5.41) is 0. The van der Waals surface area contributed by atoms with E-state index in [0.717, 1.165) is 22.6 Å². The van der Waals surface area contributed by atoms with Crippen molar-refractivity contribution in [2.75, 3.05) is 14.2 Å². The molecule has 110 valence electrons. The van der Waals surface area contributed by atoms with Gasteiger partial charge in [0.1, 0.15) is 5.75 Å². The van der Waals surface area contributed by atoms with Gasteiger partial charge in [0.15, 0.2) is 0 Å². The normalized spacial score (nSPS) is 11.0. The fourth-order valence-corrected chi connectivity index (χ4v) is 2.34. The predicted octanol–water partition coefficient (Wildman–Crippen LogP) is 2.57. The highest BCUT2D eigenvalue weighted by Crippen LogP contribution is 2.13. The Bertz CT molecular complexity index is 713. The molecule has 1 heterocycles. The summed E-state index contributed by atoms with van der Waals surface area (Å²) in [5.41, 5.74) is 3.60. The average Bonchev–Trinajstić information content (AvgIpc) is 2.48. The maximum Gasteiger partial charge on any atom is 0.260 e. The van der Waals surface area contributed by atoms with Gasteiger partial charge in [-0.2, -0.15) is 0 Å². The van der Waals surface area contributed by atoms with E-state index in [1.54, 1.807) is 24.9 Å². The van der Waals surface area contributed by atoms with Crippen LogP contribution < -0.4 is 10.3 Å². The van der Waals surface area contributed by atoms with Gasteiger partial charge in [-0.3, -0.25) is 9.79 Å². The molecule has 1 aromatic heterocycles. The number of methoxy groups -OCH3 is 1. The van der Waals surface area contributed by atoms with Crippen LogP contribution in [0.3, 0.4) is 0 Å². The monoisotopic (exact) mass is 284 g/mol. The van der Waals surface area contributed by atoms with Crippen molar-refractivity contribution in [1.29, 1.82) is 0 Å². The number of aryl methyl sites for hydroxylation is 2. The van der Waals surface area contributed by atoms with E-state index in [1.807, 2.05) is 44.2 Å². The smallest absolute Gasteiger partial charge is 0.260 e. The highest BCUT2D eigenvalue weighted by Gasteiger charge is 2.09. The predicted molar refractivity (Wildman–Crippen MR) is 85.8 cm³/mol. The number of ether oxygens (including phenoxy) is 1. The van der Waals surface area contributed by atoms with Crippen LogP contribution in [0.4, 0.5) is 0 Å². The van der Waals surface area contributed by atoms with E-state index in [4.69, 9.17) is 4.74 Å². The number of hydrogen-bond donors (Lipinski definition) is 0. The van der Waals surface area contributed by atoms with E-state index in [1.165, 1.54) is 0 Å². The number of nitrogens with zero attached hydrogens (tertiary/aromatic N) is 2. The molecule has 0 fully saturated rings. The van der Waals surface area contributed by atoms with E-state index in [-0.39, 0.29) is 5.56 Å². The van der Waals surface area contributed by atoms with Gasteiger partial charge in [-0.1, -0.05) is 12.1 Å². The van der Waals surface area contributed by atoms with Crippen LogP contribution in [0.2, 0.25) is 0 Å². The Labute approximate surface area is 124 Å². The molecular formula is C17H20N2O2. The molecule has 0 aliphatic rings. The molecule has 0 amide bonds. The van der Waals surface area contributed by atoms with E-state index < -0.39 is 0 Å². The third-order valence-electron chi connectivity index (χ3n) is 3.51. The van der Waals surface area contributed by atoms with Crippen molar-refractivity contribution in [3.05, 3.63) is 63.1 Å². The first-order valence-electron chi connectivity index (χ1n) is 6.83. The summed E-state index contributed by atoms with van der Waals surface area (Å²) in [7, 11) is 3.31. The van der Waals surface area contributed by atoms with Crippen LogP contribution in [0.25, 0.3) is 0 Å². The third-order valence-corrected chi connectivity index (χ3v) is 3.51. The number of rotatable bonds is 4. The fraction of sp³-hybridized carbons (Fsp3) is 0.294. The summed E-state index contributed by atoms with van der Waals surface area (Å²) in [4.78, 5) is 16.5. The van der Waals surface area contributed by atoms with Crippen molar-refractivity contribution in [1.82, 2.24) is 4.57 Å². The van der Waals surface area contributed by atoms with Crippen LogP contribution >= 0.6 is 0 Å². The van der Waals surface area contributed by atoms with E-state index >= 15 is 0 Å². The molecule has 0 spiro atoms. The minimum absolute atomic E-state index is 0.00563. The van der Waals surface area contributed by atoms with Gasteiger partial charge < -0.3 is 9.30 Å². The minimum atomic E-state index is -0.00563. The van der Waals surface area contributed by atoms with Gasteiger partial charge in [-0.25, -0.2) is 0 Å². The number of benzene rings is 1. The Balaban J connectivity index is 2.43. The lowest BCUT2D eigenvalue weighted by Crippen LogP contribution is -2.27. The molecular weight excluding hydrogens is 264 g/mol. The van der Waals surface area contributed by atoms with E-state index in [2.05, 4.69) is 4.99 Å². The van der Waals surface area contributed by atoms with Crippen molar-refractivity contribution in [3.63, 3.8) is 0 Å². The van der Waals surface area contributed by atoms with Gasteiger partial charge >= 0.3 is 0 Å². The topological polar surface area (TPSA) is 43.6 Å². The maximum absolute atomic E-state index is 12.6. The van der Waals surface area contributed by atoms with Crippen LogP contribution in [-0.4, -0.2) is 24.9 Å². The Morgan fingerprint density at radius 3 is 2.48 bits per heavy atom. The minimum Gasteiger partial charge on any atom is -0.497 e. The van der Waals surface area contributed by atoms with Crippen molar-refractivity contribution in [2.24, 2.45) is 4.99 Å². The molecule has 1 aromatic carbocycles. The SMILES string of the molecule is CN=Cc1c(C)cc(C)n(Cc2ccc(OC)cc2)c1=O. The Hall–Kier alpha value is -2.36. The van der Waals surface area contributed by atoms with Gasteiger partial charge in [0.2, 0.25) is 0 Å². The molecule has 0 saturated heterocycles. The Morgan fingerprint density at radius 1 is 1.24 bits per heavy atom. The molecule has 0 aliphatic carbocycles. The molecule has 4 heteroatoms. The zero-order valence-electron chi connectivity index (χ0n) is 12.9. The number of hydrogen-bond acceptors (Lipinski definition) is 3. The van der Waals surface area contributed by atoms with E-state index in [0.29, 0.717) is 12.1 Å². The molecule has 0 bridgehead atoms. The number of aromatic nitrogens is 1. The van der Waals surface area contributed by atoms with Crippen molar-refractivity contribution >= 4 is 6.21 Å². The van der Waals surface area contributed by atoms with Gasteiger partial charge in [0, 0.05) is 19.0 Å². The highest BCUT2D eigenvalue weighted by atomic mass is 16.5. The molecule has 0 saturated carbocycles. The van der Waals surface area contributed by atoms with Crippen LogP contribution in [0.5, 0.6) is 5.75 Å². The molecule has 4 nitrogen and oxygen atoms in total. The van der Waals surface area contributed by atoms with Gasteiger partial charge in [-0.15, -0.1) is 0 Å². The zero-order valence-corrected chi connectivity index (χ0v) is 12.9.